The highest BCUT2D eigenvalue weighted by atomic mass is 16.5. The number of aromatic nitrogens is 2. The Balaban J connectivity index is 2.05. The Bertz CT molecular complexity index is 445. The first-order valence-electron chi connectivity index (χ1n) is 5.03. The van der Waals surface area contributed by atoms with Crippen molar-refractivity contribution in [2.24, 2.45) is 0 Å². The topological polar surface area (TPSA) is 47.0 Å². The van der Waals surface area contributed by atoms with Crippen molar-refractivity contribution in [1.29, 1.82) is 0 Å². The predicted molar refractivity (Wildman–Crippen MR) is 62.4 cm³/mol. The fourth-order valence-corrected chi connectivity index (χ4v) is 1.40. The van der Waals surface area contributed by atoms with E-state index in [1.165, 1.54) is 0 Å². The third kappa shape index (κ3) is 2.48. The number of hydrogen-bond donors (Lipinski definition) is 1. The molecule has 2 heterocycles. The largest absolute Gasteiger partial charge is 0.481 e. The van der Waals surface area contributed by atoms with Gasteiger partial charge >= 0.3 is 0 Å². The fraction of sp³-hybridized carbons (Fsp3) is 0.167. The van der Waals surface area contributed by atoms with E-state index in [1.807, 2.05) is 30.3 Å². The second-order valence-electron chi connectivity index (χ2n) is 3.24. The van der Waals surface area contributed by atoms with Crippen LogP contribution in [0.1, 0.15) is 5.56 Å². The lowest BCUT2D eigenvalue weighted by atomic mass is 10.2. The number of methoxy groups -OCH3 is 1. The number of anilines is 1. The number of hydrogen-bond acceptors (Lipinski definition) is 4. The molecule has 82 valence electrons. The Hall–Kier alpha value is -2.10. The van der Waals surface area contributed by atoms with Gasteiger partial charge in [-0.05, 0) is 18.2 Å². The van der Waals surface area contributed by atoms with E-state index in [9.17, 15) is 0 Å². The summed E-state index contributed by atoms with van der Waals surface area (Å²) in [4.78, 5) is 8.30. The molecule has 2 aromatic heterocycles. The van der Waals surface area contributed by atoms with Gasteiger partial charge in [-0.3, -0.25) is 0 Å². The standard InChI is InChI=1S/C12H13N3O/c1-16-12-10(5-4-8-14-12)9-15-11-6-2-3-7-13-11/h2-8H,9H2,1H3,(H,13,15). The summed E-state index contributed by atoms with van der Waals surface area (Å²) in [7, 11) is 1.62. The van der Waals surface area contributed by atoms with Gasteiger partial charge in [-0.25, -0.2) is 9.97 Å². The molecule has 0 amide bonds. The van der Waals surface area contributed by atoms with E-state index in [4.69, 9.17) is 4.74 Å². The molecule has 0 saturated carbocycles. The van der Waals surface area contributed by atoms with Crippen LogP contribution in [0.25, 0.3) is 0 Å². The average molecular weight is 215 g/mol. The van der Waals surface area contributed by atoms with E-state index < -0.39 is 0 Å². The number of pyridine rings is 2. The molecule has 1 N–H and O–H groups in total. The summed E-state index contributed by atoms with van der Waals surface area (Å²) in [6.45, 7) is 0.647. The van der Waals surface area contributed by atoms with Crippen LogP contribution >= 0.6 is 0 Å². The van der Waals surface area contributed by atoms with E-state index in [0.29, 0.717) is 12.4 Å². The van der Waals surface area contributed by atoms with Gasteiger partial charge in [0.05, 0.1) is 7.11 Å². The number of ether oxygens (including phenoxy) is 1. The van der Waals surface area contributed by atoms with Crippen LogP contribution in [0.15, 0.2) is 42.7 Å². The van der Waals surface area contributed by atoms with Gasteiger partial charge < -0.3 is 10.1 Å². The van der Waals surface area contributed by atoms with Crippen LogP contribution < -0.4 is 10.1 Å². The third-order valence-corrected chi connectivity index (χ3v) is 2.17. The summed E-state index contributed by atoms with van der Waals surface area (Å²) < 4.78 is 5.16. The molecule has 0 fully saturated rings. The second kappa shape index (κ2) is 5.11. The maximum Gasteiger partial charge on any atom is 0.218 e. The van der Waals surface area contributed by atoms with Crippen LogP contribution in [0, 0.1) is 0 Å². The van der Waals surface area contributed by atoms with Crippen LogP contribution in [0.3, 0.4) is 0 Å². The lowest BCUT2D eigenvalue weighted by Gasteiger charge is -2.08. The van der Waals surface area contributed by atoms with Crippen LogP contribution in [-0.4, -0.2) is 17.1 Å². The molecule has 0 aliphatic heterocycles. The minimum atomic E-state index is 0.644. The Morgan fingerprint density at radius 2 is 2.00 bits per heavy atom. The molecule has 0 aromatic carbocycles. The van der Waals surface area contributed by atoms with Gasteiger partial charge in [-0.2, -0.15) is 0 Å². The molecule has 0 atom stereocenters. The molecule has 0 aliphatic rings. The summed E-state index contributed by atoms with van der Waals surface area (Å²) in [6.07, 6.45) is 3.46. The number of nitrogens with zero attached hydrogens (tertiary/aromatic N) is 2. The molecule has 4 nitrogen and oxygen atoms in total. The van der Waals surface area contributed by atoms with Crippen molar-refractivity contribution in [2.75, 3.05) is 12.4 Å². The minimum absolute atomic E-state index is 0.644. The minimum Gasteiger partial charge on any atom is -0.481 e. The van der Waals surface area contributed by atoms with Crippen LogP contribution in [0.2, 0.25) is 0 Å². The number of nitrogens with one attached hydrogen (secondary N) is 1. The summed E-state index contributed by atoms with van der Waals surface area (Å²) in [5.74, 6) is 1.49. The van der Waals surface area contributed by atoms with Gasteiger partial charge in [0.1, 0.15) is 5.82 Å². The highest BCUT2D eigenvalue weighted by molar-refractivity contribution is 5.36. The first-order valence-corrected chi connectivity index (χ1v) is 5.03. The van der Waals surface area contributed by atoms with Crippen molar-refractivity contribution < 1.29 is 4.74 Å². The maximum absolute atomic E-state index is 5.16. The Morgan fingerprint density at radius 1 is 1.12 bits per heavy atom. The van der Waals surface area contributed by atoms with Gasteiger partial charge in [-0.15, -0.1) is 0 Å². The third-order valence-electron chi connectivity index (χ3n) is 2.17. The van der Waals surface area contributed by atoms with Crippen molar-refractivity contribution in [2.45, 2.75) is 6.54 Å². The van der Waals surface area contributed by atoms with E-state index in [-0.39, 0.29) is 0 Å². The van der Waals surface area contributed by atoms with Crippen LogP contribution in [0.4, 0.5) is 5.82 Å². The molecule has 0 radical (unpaired) electrons. The Morgan fingerprint density at radius 3 is 2.75 bits per heavy atom. The van der Waals surface area contributed by atoms with E-state index in [1.54, 1.807) is 19.5 Å². The van der Waals surface area contributed by atoms with Gasteiger partial charge in [0.25, 0.3) is 0 Å². The first kappa shape index (κ1) is 10.4. The van der Waals surface area contributed by atoms with Crippen LogP contribution in [-0.2, 0) is 6.54 Å². The van der Waals surface area contributed by atoms with E-state index in [2.05, 4.69) is 15.3 Å². The van der Waals surface area contributed by atoms with Crippen molar-refractivity contribution >= 4 is 5.82 Å². The van der Waals surface area contributed by atoms with Gasteiger partial charge in [0.15, 0.2) is 0 Å². The lowest BCUT2D eigenvalue weighted by Crippen LogP contribution is -2.03. The van der Waals surface area contributed by atoms with E-state index >= 15 is 0 Å². The summed E-state index contributed by atoms with van der Waals surface area (Å²) >= 11 is 0. The molecule has 0 spiro atoms. The molecule has 2 aromatic rings. The molecule has 0 saturated heterocycles. The zero-order valence-electron chi connectivity index (χ0n) is 9.05. The van der Waals surface area contributed by atoms with Gasteiger partial charge in [0.2, 0.25) is 5.88 Å². The highest BCUT2D eigenvalue weighted by Gasteiger charge is 2.02. The molecular weight excluding hydrogens is 202 g/mol. The zero-order chi connectivity index (χ0) is 11.2. The molecular formula is C12H13N3O. The monoisotopic (exact) mass is 215 g/mol. The molecule has 0 unspecified atom stereocenters. The smallest absolute Gasteiger partial charge is 0.218 e. The number of rotatable bonds is 4. The van der Waals surface area contributed by atoms with Crippen LogP contribution in [0.5, 0.6) is 5.88 Å². The fourth-order valence-electron chi connectivity index (χ4n) is 1.40. The molecule has 16 heavy (non-hydrogen) atoms. The highest BCUT2D eigenvalue weighted by Crippen LogP contribution is 2.14. The van der Waals surface area contributed by atoms with Gasteiger partial charge in [-0.1, -0.05) is 12.1 Å². The predicted octanol–water partition coefficient (Wildman–Crippen LogP) is 2.10. The summed E-state index contributed by atoms with van der Waals surface area (Å²) in [5.41, 5.74) is 1.01. The van der Waals surface area contributed by atoms with Crippen molar-refractivity contribution in [3.63, 3.8) is 0 Å². The SMILES string of the molecule is COc1ncccc1CNc1ccccn1. The molecule has 4 heteroatoms. The average Bonchev–Trinajstić information content (AvgIpc) is 2.38. The quantitative estimate of drug-likeness (QED) is 0.848. The lowest BCUT2D eigenvalue weighted by molar-refractivity contribution is 0.393. The first-order chi connectivity index (χ1) is 7.90. The second-order valence-corrected chi connectivity index (χ2v) is 3.24. The van der Waals surface area contributed by atoms with Crippen molar-refractivity contribution in [1.82, 2.24) is 9.97 Å². The van der Waals surface area contributed by atoms with Crippen molar-refractivity contribution in [3.05, 3.63) is 48.3 Å². The normalized spacial score (nSPS) is 9.81. The Kier molecular flexibility index (Phi) is 3.33. The maximum atomic E-state index is 5.16. The zero-order valence-corrected chi connectivity index (χ0v) is 9.05. The summed E-state index contributed by atoms with van der Waals surface area (Å²) in [6, 6.07) is 9.61. The molecule has 0 bridgehead atoms. The molecule has 0 aliphatic carbocycles. The summed E-state index contributed by atoms with van der Waals surface area (Å²) in [5, 5.41) is 3.20. The van der Waals surface area contributed by atoms with E-state index in [0.717, 1.165) is 11.4 Å². The van der Waals surface area contributed by atoms with Crippen molar-refractivity contribution in [3.8, 4) is 5.88 Å². The molecule has 2 rings (SSSR count). The van der Waals surface area contributed by atoms with Gasteiger partial charge in [0, 0.05) is 24.5 Å². The Labute approximate surface area is 94.3 Å².